The molecule has 1 unspecified atom stereocenters. The van der Waals surface area contributed by atoms with Crippen molar-refractivity contribution < 1.29 is 4.74 Å². The van der Waals surface area contributed by atoms with Crippen molar-refractivity contribution >= 4 is 21.6 Å². The normalized spacial score (nSPS) is 24.8. The van der Waals surface area contributed by atoms with E-state index in [1.807, 2.05) is 6.07 Å². The van der Waals surface area contributed by atoms with E-state index in [1.165, 1.54) is 50.6 Å². The summed E-state index contributed by atoms with van der Waals surface area (Å²) in [6, 6.07) is 6.91. The SMILES string of the molecule is COc1cc(Br)cc(NC2CCC23CCCCC3)c1. The number of benzene rings is 1. The lowest BCUT2D eigenvalue weighted by molar-refractivity contribution is 0.0571. The molecule has 0 saturated heterocycles. The Morgan fingerprint density at radius 3 is 2.58 bits per heavy atom. The van der Waals surface area contributed by atoms with E-state index in [9.17, 15) is 0 Å². The standard InChI is InChI=1S/C16H22BrNO/c1-19-14-10-12(17)9-13(11-14)18-15-5-8-16(15)6-3-2-4-7-16/h9-11,15,18H,2-8H2,1H3. The molecule has 2 aliphatic carbocycles. The third kappa shape index (κ3) is 2.62. The van der Waals surface area contributed by atoms with Gasteiger partial charge in [0, 0.05) is 22.3 Å². The van der Waals surface area contributed by atoms with E-state index >= 15 is 0 Å². The molecule has 3 rings (SSSR count). The molecule has 3 heteroatoms. The van der Waals surface area contributed by atoms with Crippen LogP contribution in [0.2, 0.25) is 0 Å². The second-order valence-corrected chi connectivity index (χ2v) is 6.95. The molecule has 2 aliphatic rings. The summed E-state index contributed by atoms with van der Waals surface area (Å²) < 4.78 is 6.41. The van der Waals surface area contributed by atoms with Crippen molar-refractivity contribution in [2.24, 2.45) is 5.41 Å². The predicted molar refractivity (Wildman–Crippen MR) is 82.9 cm³/mol. The molecule has 1 atom stereocenters. The van der Waals surface area contributed by atoms with E-state index in [4.69, 9.17) is 4.74 Å². The molecular formula is C16H22BrNO. The van der Waals surface area contributed by atoms with Crippen molar-refractivity contribution in [2.75, 3.05) is 12.4 Å². The molecule has 1 N–H and O–H groups in total. The summed E-state index contributed by atoms with van der Waals surface area (Å²) in [5, 5.41) is 3.74. The molecule has 0 aliphatic heterocycles. The summed E-state index contributed by atoms with van der Waals surface area (Å²) >= 11 is 3.55. The van der Waals surface area contributed by atoms with Crippen LogP contribution in [-0.2, 0) is 0 Å². The lowest BCUT2D eigenvalue weighted by Gasteiger charge is -2.52. The van der Waals surface area contributed by atoms with Crippen molar-refractivity contribution in [3.8, 4) is 5.75 Å². The second-order valence-electron chi connectivity index (χ2n) is 6.04. The van der Waals surface area contributed by atoms with Crippen LogP contribution in [0.15, 0.2) is 22.7 Å². The minimum atomic E-state index is 0.591. The average Bonchev–Trinajstić information content (AvgIpc) is 2.44. The Bertz CT molecular complexity index is 454. The van der Waals surface area contributed by atoms with Gasteiger partial charge in [-0.2, -0.15) is 0 Å². The Morgan fingerprint density at radius 2 is 1.95 bits per heavy atom. The first-order valence-electron chi connectivity index (χ1n) is 7.33. The van der Waals surface area contributed by atoms with Gasteiger partial charge in [0.2, 0.25) is 0 Å². The van der Waals surface area contributed by atoms with Crippen LogP contribution in [0.3, 0.4) is 0 Å². The molecule has 0 bridgehead atoms. The van der Waals surface area contributed by atoms with Gasteiger partial charge in [0.25, 0.3) is 0 Å². The van der Waals surface area contributed by atoms with Crippen LogP contribution in [0.1, 0.15) is 44.9 Å². The van der Waals surface area contributed by atoms with E-state index in [2.05, 4.69) is 33.4 Å². The van der Waals surface area contributed by atoms with Crippen LogP contribution in [0.25, 0.3) is 0 Å². The maximum Gasteiger partial charge on any atom is 0.122 e. The lowest BCUT2D eigenvalue weighted by atomic mass is 9.57. The predicted octanol–water partition coefficient (Wildman–Crippen LogP) is 4.98. The summed E-state index contributed by atoms with van der Waals surface area (Å²) in [5.74, 6) is 0.911. The molecule has 2 saturated carbocycles. The first-order chi connectivity index (χ1) is 9.22. The smallest absolute Gasteiger partial charge is 0.122 e. The maximum atomic E-state index is 5.34. The largest absolute Gasteiger partial charge is 0.497 e. The number of ether oxygens (including phenoxy) is 1. The molecule has 1 aromatic carbocycles. The molecule has 104 valence electrons. The number of hydrogen-bond donors (Lipinski definition) is 1. The van der Waals surface area contributed by atoms with Crippen LogP contribution in [-0.4, -0.2) is 13.2 Å². The number of nitrogens with one attached hydrogen (secondary N) is 1. The van der Waals surface area contributed by atoms with Crippen LogP contribution in [0.4, 0.5) is 5.69 Å². The quantitative estimate of drug-likeness (QED) is 0.846. The Labute approximate surface area is 124 Å². The van der Waals surface area contributed by atoms with Gasteiger partial charge in [-0.1, -0.05) is 35.2 Å². The van der Waals surface area contributed by atoms with Gasteiger partial charge in [-0.3, -0.25) is 0 Å². The molecule has 19 heavy (non-hydrogen) atoms. The van der Waals surface area contributed by atoms with E-state index in [0.29, 0.717) is 11.5 Å². The lowest BCUT2D eigenvalue weighted by Crippen LogP contribution is -2.50. The zero-order valence-corrected chi connectivity index (χ0v) is 13.1. The molecular weight excluding hydrogens is 302 g/mol. The second kappa shape index (κ2) is 5.35. The fraction of sp³-hybridized carbons (Fsp3) is 0.625. The van der Waals surface area contributed by atoms with Gasteiger partial charge in [-0.15, -0.1) is 0 Å². The molecule has 0 amide bonds. The first-order valence-corrected chi connectivity index (χ1v) is 8.12. The highest BCUT2D eigenvalue weighted by molar-refractivity contribution is 9.10. The van der Waals surface area contributed by atoms with Gasteiger partial charge >= 0.3 is 0 Å². The van der Waals surface area contributed by atoms with Crippen molar-refractivity contribution in [2.45, 2.75) is 51.0 Å². The fourth-order valence-electron chi connectivity index (χ4n) is 3.74. The molecule has 0 aromatic heterocycles. The van der Waals surface area contributed by atoms with E-state index in [0.717, 1.165) is 10.2 Å². The number of methoxy groups -OCH3 is 1. The summed E-state index contributed by atoms with van der Waals surface area (Å²) in [5.41, 5.74) is 1.77. The van der Waals surface area contributed by atoms with Crippen LogP contribution < -0.4 is 10.1 Å². The third-order valence-electron chi connectivity index (χ3n) is 4.97. The van der Waals surface area contributed by atoms with Gasteiger partial charge in [0.15, 0.2) is 0 Å². The van der Waals surface area contributed by atoms with Crippen molar-refractivity contribution in [3.63, 3.8) is 0 Å². The van der Waals surface area contributed by atoms with Gasteiger partial charge in [0.1, 0.15) is 5.75 Å². The van der Waals surface area contributed by atoms with Crippen LogP contribution >= 0.6 is 15.9 Å². The summed E-state index contributed by atoms with van der Waals surface area (Å²) in [7, 11) is 1.72. The molecule has 0 heterocycles. The minimum absolute atomic E-state index is 0.591. The topological polar surface area (TPSA) is 21.3 Å². The molecule has 2 fully saturated rings. The van der Waals surface area contributed by atoms with Gasteiger partial charge in [-0.05, 0) is 43.2 Å². The Hall–Kier alpha value is -0.700. The maximum absolute atomic E-state index is 5.34. The van der Waals surface area contributed by atoms with E-state index in [1.54, 1.807) is 7.11 Å². The molecule has 2 nitrogen and oxygen atoms in total. The number of hydrogen-bond acceptors (Lipinski definition) is 2. The fourth-order valence-corrected chi connectivity index (χ4v) is 4.21. The first kappa shape index (κ1) is 13.3. The zero-order valence-electron chi connectivity index (χ0n) is 11.5. The monoisotopic (exact) mass is 323 g/mol. The van der Waals surface area contributed by atoms with E-state index in [-0.39, 0.29) is 0 Å². The molecule has 0 radical (unpaired) electrons. The Morgan fingerprint density at radius 1 is 1.16 bits per heavy atom. The summed E-state index contributed by atoms with van der Waals surface area (Å²) in [4.78, 5) is 0. The molecule has 1 spiro atoms. The summed E-state index contributed by atoms with van der Waals surface area (Å²) in [6.45, 7) is 0. The Kier molecular flexibility index (Phi) is 3.75. The van der Waals surface area contributed by atoms with Crippen molar-refractivity contribution in [1.29, 1.82) is 0 Å². The number of anilines is 1. The zero-order chi connectivity index (χ0) is 13.3. The Balaban J connectivity index is 1.73. The van der Waals surface area contributed by atoms with Crippen molar-refractivity contribution in [1.82, 2.24) is 0 Å². The van der Waals surface area contributed by atoms with Gasteiger partial charge in [-0.25, -0.2) is 0 Å². The van der Waals surface area contributed by atoms with Crippen LogP contribution in [0.5, 0.6) is 5.75 Å². The van der Waals surface area contributed by atoms with Crippen LogP contribution in [0, 0.1) is 5.41 Å². The van der Waals surface area contributed by atoms with Gasteiger partial charge < -0.3 is 10.1 Å². The number of halogens is 1. The van der Waals surface area contributed by atoms with Gasteiger partial charge in [0.05, 0.1) is 7.11 Å². The highest BCUT2D eigenvalue weighted by Gasteiger charge is 2.46. The van der Waals surface area contributed by atoms with Crippen molar-refractivity contribution in [3.05, 3.63) is 22.7 Å². The minimum Gasteiger partial charge on any atom is -0.497 e. The average molecular weight is 324 g/mol. The highest BCUT2D eigenvalue weighted by atomic mass is 79.9. The summed E-state index contributed by atoms with van der Waals surface area (Å²) in [6.07, 6.45) is 9.81. The third-order valence-corrected chi connectivity index (χ3v) is 5.43. The highest BCUT2D eigenvalue weighted by Crippen LogP contribution is 2.52. The van der Waals surface area contributed by atoms with E-state index < -0.39 is 0 Å². The number of rotatable bonds is 3. The molecule has 1 aromatic rings.